The van der Waals surface area contributed by atoms with Crippen LogP contribution >= 0.6 is 11.6 Å². The molecule has 1 fully saturated rings. The van der Waals surface area contributed by atoms with E-state index < -0.39 is 6.04 Å². The average molecular weight is 542 g/mol. The van der Waals surface area contributed by atoms with Crippen molar-refractivity contribution in [3.8, 4) is 0 Å². The Labute approximate surface area is 226 Å². The average Bonchev–Trinajstić information content (AvgIpc) is 3.22. The summed E-state index contributed by atoms with van der Waals surface area (Å²) >= 11 is 6.37. The van der Waals surface area contributed by atoms with Crippen LogP contribution in [0, 0.1) is 0 Å². The van der Waals surface area contributed by atoms with Gasteiger partial charge in [-0.2, -0.15) is 0 Å². The van der Waals surface area contributed by atoms with E-state index in [-0.39, 0.29) is 43.3 Å². The molecule has 38 heavy (non-hydrogen) atoms. The highest BCUT2D eigenvalue weighted by atomic mass is 35.5. The van der Waals surface area contributed by atoms with Gasteiger partial charge in [-0.15, -0.1) is 0 Å². The molecule has 2 aliphatic heterocycles. The van der Waals surface area contributed by atoms with Crippen LogP contribution in [0.1, 0.15) is 39.9 Å². The molecule has 0 aromatic heterocycles. The number of piperidine rings is 1. The van der Waals surface area contributed by atoms with Gasteiger partial charge in [0.05, 0.1) is 13.2 Å². The minimum Gasteiger partial charge on any atom is -0.380 e. The smallest absolute Gasteiger partial charge is 0.319 e. The Hall–Kier alpha value is -3.47. The predicted octanol–water partition coefficient (Wildman–Crippen LogP) is 2.54. The van der Waals surface area contributed by atoms with Crippen LogP contribution in [0.3, 0.4) is 0 Å². The predicted molar refractivity (Wildman–Crippen MR) is 143 cm³/mol. The van der Waals surface area contributed by atoms with E-state index in [0.29, 0.717) is 42.3 Å². The molecule has 0 saturated carbocycles. The van der Waals surface area contributed by atoms with Crippen molar-refractivity contribution in [1.82, 2.24) is 20.4 Å². The Morgan fingerprint density at radius 2 is 1.95 bits per heavy atom. The van der Waals surface area contributed by atoms with Crippen LogP contribution in [0.25, 0.3) is 0 Å². The summed E-state index contributed by atoms with van der Waals surface area (Å²) in [5.74, 6) is -0.805. The minimum atomic E-state index is -0.644. The SMILES string of the molecule is CNCCOCCc1ccc(NC(=O)NCc2ccc3c(c2)CN(C2CCC(=O)N(C)C2=O)C3=O)cc1Cl. The van der Waals surface area contributed by atoms with Crippen molar-refractivity contribution in [2.75, 3.05) is 39.2 Å². The van der Waals surface area contributed by atoms with Crippen LogP contribution in [-0.2, 0) is 33.8 Å². The minimum absolute atomic E-state index is 0.219. The first-order valence-corrected chi connectivity index (χ1v) is 12.9. The van der Waals surface area contributed by atoms with Gasteiger partial charge in [-0.1, -0.05) is 29.8 Å². The van der Waals surface area contributed by atoms with Crippen molar-refractivity contribution in [3.63, 3.8) is 0 Å². The van der Waals surface area contributed by atoms with Crippen molar-refractivity contribution in [3.05, 3.63) is 63.7 Å². The van der Waals surface area contributed by atoms with E-state index in [4.69, 9.17) is 16.3 Å². The zero-order chi connectivity index (χ0) is 27.2. The summed E-state index contributed by atoms with van der Waals surface area (Å²) in [5, 5.41) is 9.17. The lowest BCUT2D eigenvalue weighted by atomic mass is 10.0. The molecule has 1 saturated heterocycles. The maximum absolute atomic E-state index is 12.9. The molecule has 202 valence electrons. The molecule has 0 spiro atoms. The Morgan fingerprint density at radius 1 is 1.13 bits per heavy atom. The fraction of sp³-hybridized carbons (Fsp3) is 0.407. The van der Waals surface area contributed by atoms with E-state index >= 15 is 0 Å². The van der Waals surface area contributed by atoms with Crippen molar-refractivity contribution in [2.24, 2.45) is 0 Å². The number of imide groups is 1. The van der Waals surface area contributed by atoms with E-state index in [1.54, 1.807) is 24.3 Å². The zero-order valence-electron chi connectivity index (χ0n) is 21.5. The summed E-state index contributed by atoms with van der Waals surface area (Å²) in [6.45, 7) is 2.52. The van der Waals surface area contributed by atoms with Crippen molar-refractivity contribution < 1.29 is 23.9 Å². The van der Waals surface area contributed by atoms with Crippen LogP contribution in [0.15, 0.2) is 36.4 Å². The molecule has 3 N–H and O–H groups in total. The number of halogens is 1. The van der Waals surface area contributed by atoms with Gasteiger partial charge < -0.3 is 25.6 Å². The summed E-state index contributed by atoms with van der Waals surface area (Å²) in [6.07, 6.45) is 1.24. The molecule has 2 aromatic rings. The molecule has 10 nitrogen and oxygen atoms in total. The van der Waals surface area contributed by atoms with Crippen LogP contribution in [0.4, 0.5) is 10.5 Å². The highest BCUT2D eigenvalue weighted by Crippen LogP contribution is 2.29. The number of amides is 5. The highest BCUT2D eigenvalue weighted by Gasteiger charge is 2.41. The first-order chi connectivity index (χ1) is 18.3. The third-order valence-electron chi connectivity index (χ3n) is 6.78. The van der Waals surface area contributed by atoms with Gasteiger partial charge in [-0.25, -0.2) is 4.79 Å². The number of anilines is 1. The van der Waals surface area contributed by atoms with E-state index in [9.17, 15) is 19.2 Å². The number of ether oxygens (including phenoxy) is 1. The Bertz CT molecular complexity index is 1240. The number of nitrogens with zero attached hydrogens (tertiary/aromatic N) is 2. The third-order valence-corrected chi connectivity index (χ3v) is 7.13. The second-order valence-corrected chi connectivity index (χ2v) is 9.76. The number of rotatable bonds is 10. The maximum atomic E-state index is 12.9. The standard InChI is InChI=1S/C27H32ClN5O5/c1-29-10-12-38-11-9-18-4-5-20(14-22(18)28)31-27(37)30-15-17-3-6-21-19(13-17)16-33(25(21)35)23-7-8-24(34)32(2)26(23)36/h3-6,13-14,23,29H,7-12,15-16H2,1-2H3,(H2,30,31,37). The molecular formula is C27H32ClN5O5. The number of carbonyl (C=O) groups excluding carboxylic acids is 4. The van der Waals surface area contributed by atoms with Crippen LogP contribution in [0.5, 0.6) is 0 Å². The Kier molecular flexibility index (Phi) is 8.98. The molecule has 4 rings (SSSR count). The normalized spacial score (nSPS) is 17.1. The van der Waals surface area contributed by atoms with Gasteiger partial charge in [-0.3, -0.25) is 19.3 Å². The van der Waals surface area contributed by atoms with Gasteiger partial charge in [0, 0.05) is 49.4 Å². The van der Waals surface area contributed by atoms with Gasteiger partial charge >= 0.3 is 6.03 Å². The topological polar surface area (TPSA) is 120 Å². The first kappa shape index (κ1) is 27.6. The van der Waals surface area contributed by atoms with Gasteiger partial charge in [0.1, 0.15) is 6.04 Å². The number of likely N-dealkylation sites (N-methyl/N-ethyl adjacent to an activating group) is 2. The van der Waals surface area contributed by atoms with Gasteiger partial charge in [-0.05, 0) is 54.8 Å². The summed E-state index contributed by atoms with van der Waals surface area (Å²) in [6, 6.07) is 9.70. The molecule has 11 heteroatoms. The summed E-state index contributed by atoms with van der Waals surface area (Å²) < 4.78 is 5.53. The lowest BCUT2D eigenvalue weighted by molar-refractivity contribution is -0.150. The lowest BCUT2D eigenvalue weighted by Crippen LogP contribution is -2.53. The largest absolute Gasteiger partial charge is 0.380 e. The molecule has 2 aliphatic rings. The molecule has 0 aliphatic carbocycles. The number of likely N-dealkylation sites (tertiary alicyclic amines) is 1. The van der Waals surface area contributed by atoms with E-state index in [1.807, 2.05) is 19.2 Å². The fourth-order valence-corrected chi connectivity index (χ4v) is 4.86. The Balaban J connectivity index is 1.29. The summed E-state index contributed by atoms with van der Waals surface area (Å²) in [4.78, 5) is 52.4. The molecular weight excluding hydrogens is 510 g/mol. The second kappa shape index (κ2) is 12.4. The van der Waals surface area contributed by atoms with E-state index in [0.717, 1.165) is 28.1 Å². The molecule has 0 radical (unpaired) electrons. The Morgan fingerprint density at radius 3 is 2.71 bits per heavy atom. The van der Waals surface area contributed by atoms with Crippen molar-refractivity contribution in [2.45, 2.75) is 38.4 Å². The van der Waals surface area contributed by atoms with Crippen LogP contribution in [0.2, 0.25) is 5.02 Å². The quantitative estimate of drug-likeness (QED) is 0.314. The lowest BCUT2D eigenvalue weighted by Gasteiger charge is -2.33. The van der Waals surface area contributed by atoms with E-state index in [2.05, 4.69) is 16.0 Å². The summed E-state index contributed by atoms with van der Waals surface area (Å²) in [5.41, 5.74) is 3.66. The maximum Gasteiger partial charge on any atom is 0.319 e. The number of nitrogens with one attached hydrogen (secondary N) is 3. The molecule has 5 amide bonds. The third kappa shape index (κ3) is 6.32. The number of hydrogen-bond acceptors (Lipinski definition) is 6. The van der Waals surface area contributed by atoms with Crippen molar-refractivity contribution >= 4 is 41.0 Å². The molecule has 2 heterocycles. The molecule has 2 aromatic carbocycles. The fourth-order valence-electron chi connectivity index (χ4n) is 4.59. The van der Waals surface area contributed by atoms with Gasteiger partial charge in [0.2, 0.25) is 5.91 Å². The zero-order valence-corrected chi connectivity index (χ0v) is 22.3. The number of fused-ring (bicyclic) bond motifs is 1. The first-order valence-electron chi connectivity index (χ1n) is 12.6. The number of carbonyl (C=O) groups is 4. The van der Waals surface area contributed by atoms with Crippen molar-refractivity contribution in [1.29, 1.82) is 0 Å². The molecule has 1 atom stereocenters. The number of hydrogen-bond donors (Lipinski definition) is 3. The number of urea groups is 1. The highest BCUT2D eigenvalue weighted by molar-refractivity contribution is 6.31. The van der Waals surface area contributed by atoms with E-state index in [1.165, 1.54) is 11.9 Å². The molecule has 1 unspecified atom stereocenters. The number of benzene rings is 2. The summed E-state index contributed by atoms with van der Waals surface area (Å²) in [7, 11) is 3.32. The molecule has 0 bridgehead atoms. The van der Waals surface area contributed by atoms with Crippen LogP contribution in [-0.4, -0.2) is 73.4 Å². The van der Waals surface area contributed by atoms with Gasteiger partial charge in [0.15, 0.2) is 0 Å². The monoisotopic (exact) mass is 541 g/mol. The van der Waals surface area contributed by atoms with Crippen LogP contribution < -0.4 is 16.0 Å². The van der Waals surface area contributed by atoms with Gasteiger partial charge in [0.25, 0.3) is 11.8 Å². The second-order valence-electron chi connectivity index (χ2n) is 9.35.